The number of carbonyl (C=O) groups is 2. The second kappa shape index (κ2) is 5.71. The maximum absolute atomic E-state index is 13.0. The molecule has 1 saturated heterocycles. The number of phenolic OH excluding ortho intramolecular Hbond substituents is 1. The zero-order valence-corrected chi connectivity index (χ0v) is 11.8. The van der Waals surface area contributed by atoms with Gasteiger partial charge in [-0.3, -0.25) is 4.79 Å². The highest BCUT2D eigenvalue weighted by Crippen LogP contribution is 2.36. The zero-order chi connectivity index (χ0) is 15.6. The predicted molar refractivity (Wildman–Crippen MR) is 73.6 cm³/mol. The van der Waals surface area contributed by atoms with Crippen LogP contribution in [-0.2, 0) is 4.79 Å². The van der Waals surface area contributed by atoms with E-state index in [9.17, 15) is 24.2 Å². The Balaban J connectivity index is 2.39. The number of amides is 1. The van der Waals surface area contributed by atoms with E-state index in [0.717, 1.165) is 12.1 Å². The van der Waals surface area contributed by atoms with Gasteiger partial charge in [0.05, 0.1) is 5.56 Å². The minimum Gasteiger partial charge on any atom is -0.507 e. The lowest BCUT2D eigenvalue weighted by Crippen LogP contribution is -2.53. The van der Waals surface area contributed by atoms with Gasteiger partial charge in [0.25, 0.3) is 5.91 Å². The van der Waals surface area contributed by atoms with E-state index in [1.165, 1.54) is 11.0 Å². The highest BCUT2D eigenvalue weighted by Gasteiger charge is 2.49. The summed E-state index contributed by atoms with van der Waals surface area (Å²) >= 11 is 0. The van der Waals surface area contributed by atoms with Crippen molar-refractivity contribution in [1.29, 1.82) is 0 Å². The van der Waals surface area contributed by atoms with Crippen molar-refractivity contribution >= 4 is 11.9 Å². The molecule has 1 aromatic rings. The van der Waals surface area contributed by atoms with Gasteiger partial charge in [0, 0.05) is 12.6 Å². The van der Waals surface area contributed by atoms with Crippen LogP contribution in [0.2, 0.25) is 0 Å². The van der Waals surface area contributed by atoms with Gasteiger partial charge in [0.15, 0.2) is 0 Å². The average molecular weight is 295 g/mol. The number of aromatic hydroxyl groups is 1. The Morgan fingerprint density at radius 2 is 2.14 bits per heavy atom. The summed E-state index contributed by atoms with van der Waals surface area (Å²) in [4.78, 5) is 25.5. The highest BCUT2D eigenvalue weighted by atomic mass is 19.1. The number of hydrogen-bond acceptors (Lipinski definition) is 3. The SMILES string of the molecule is CCCC1(C(=O)O)CCCN1C(=O)c1ccc(F)cc1O. The lowest BCUT2D eigenvalue weighted by molar-refractivity contribution is -0.148. The molecule has 0 aliphatic carbocycles. The van der Waals surface area contributed by atoms with E-state index >= 15 is 0 Å². The molecular formula is C15H18FNO4. The molecule has 2 rings (SSSR count). The van der Waals surface area contributed by atoms with E-state index in [1.807, 2.05) is 6.92 Å². The van der Waals surface area contributed by atoms with Crippen molar-refractivity contribution in [2.45, 2.75) is 38.1 Å². The van der Waals surface area contributed by atoms with E-state index in [2.05, 4.69) is 0 Å². The van der Waals surface area contributed by atoms with Crippen LogP contribution in [0.25, 0.3) is 0 Å². The second-order valence-electron chi connectivity index (χ2n) is 5.31. The van der Waals surface area contributed by atoms with Crippen LogP contribution in [0.4, 0.5) is 4.39 Å². The van der Waals surface area contributed by atoms with Crippen LogP contribution >= 0.6 is 0 Å². The van der Waals surface area contributed by atoms with Crippen molar-refractivity contribution in [2.75, 3.05) is 6.54 Å². The van der Waals surface area contributed by atoms with Gasteiger partial charge in [0.2, 0.25) is 0 Å². The van der Waals surface area contributed by atoms with Crippen LogP contribution in [-0.4, -0.2) is 39.1 Å². The Morgan fingerprint density at radius 1 is 1.43 bits per heavy atom. The third-order valence-corrected chi connectivity index (χ3v) is 3.99. The number of carbonyl (C=O) groups excluding carboxylic acids is 1. The van der Waals surface area contributed by atoms with Crippen LogP contribution in [0.3, 0.4) is 0 Å². The second-order valence-corrected chi connectivity index (χ2v) is 5.31. The summed E-state index contributed by atoms with van der Waals surface area (Å²) in [6.07, 6.45) is 1.98. The maximum atomic E-state index is 13.0. The molecule has 1 unspecified atom stereocenters. The molecule has 6 heteroatoms. The van der Waals surface area contributed by atoms with Gasteiger partial charge in [0.1, 0.15) is 17.1 Å². The van der Waals surface area contributed by atoms with Crippen molar-refractivity contribution < 1.29 is 24.2 Å². The Bertz CT molecular complexity index is 575. The average Bonchev–Trinajstić information content (AvgIpc) is 2.83. The molecule has 21 heavy (non-hydrogen) atoms. The molecule has 0 radical (unpaired) electrons. The lowest BCUT2D eigenvalue weighted by Gasteiger charge is -2.34. The number of hydrogen-bond donors (Lipinski definition) is 2. The minimum absolute atomic E-state index is 0.0694. The Hall–Kier alpha value is -2.11. The van der Waals surface area contributed by atoms with Gasteiger partial charge in [-0.05, 0) is 31.4 Å². The summed E-state index contributed by atoms with van der Waals surface area (Å²) in [7, 11) is 0. The number of halogens is 1. The number of nitrogens with zero attached hydrogens (tertiary/aromatic N) is 1. The fourth-order valence-electron chi connectivity index (χ4n) is 3.01. The molecule has 0 aromatic heterocycles. The third kappa shape index (κ3) is 2.57. The predicted octanol–water partition coefficient (Wildman–Crippen LogP) is 2.39. The van der Waals surface area contributed by atoms with Crippen LogP contribution < -0.4 is 0 Å². The number of aliphatic carboxylic acids is 1. The molecule has 1 heterocycles. The molecule has 2 N–H and O–H groups in total. The van der Waals surface area contributed by atoms with Gasteiger partial charge in [-0.2, -0.15) is 0 Å². The molecule has 1 atom stereocenters. The Kier molecular flexibility index (Phi) is 4.16. The van der Waals surface area contributed by atoms with Crippen molar-refractivity contribution in [3.63, 3.8) is 0 Å². The van der Waals surface area contributed by atoms with Crippen molar-refractivity contribution in [1.82, 2.24) is 4.90 Å². The molecule has 5 nitrogen and oxygen atoms in total. The lowest BCUT2D eigenvalue weighted by atomic mass is 9.90. The van der Waals surface area contributed by atoms with E-state index in [1.54, 1.807) is 0 Å². The van der Waals surface area contributed by atoms with Gasteiger partial charge in [-0.1, -0.05) is 13.3 Å². The van der Waals surface area contributed by atoms with Crippen LogP contribution in [0.1, 0.15) is 43.0 Å². The molecular weight excluding hydrogens is 277 g/mol. The molecule has 1 aliphatic heterocycles. The first-order valence-electron chi connectivity index (χ1n) is 6.96. The highest BCUT2D eigenvalue weighted by molar-refractivity contribution is 6.00. The van der Waals surface area contributed by atoms with E-state index in [0.29, 0.717) is 32.2 Å². The number of likely N-dealkylation sites (tertiary alicyclic amines) is 1. The van der Waals surface area contributed by atoms with E-state index in [4.69, 9.17) is 0 Å². The van der Waals surface area contributed by atoms with Crippen molar-refractivity contribution in [2.24, 2.45) is 0 Å². The van der Waals surface area contributed by atoms with Crippen molar-refractivity contribution in [3.8, 4) is 5.75 Å². The van der Waals surface area contributed by atoms with E-state index in [-0.39, 0.29) is 5.56 Å². The van der Waals surface area contributed by atoms with Crippen LogP contribution in [0.5, 0.6) is 5.75 Å². The summed E-state index contributed by atoms with van der Waals surface area (Å²) in [5, 5.41) is 19.3. The minimum atomic E-state index is -1.23. The summed E-state index contributed by atoms with van der Waals surface area (Å²) in [6, 6.07) is 3.11. The summed E-state index contributed by atoms with van der Waals surface area (Å²) in [5.41, 5.74) is -1.30. The first-order chi connectivity index (χ1) is 9.92. The number of carboxylic acid groups (broad SMARTS) is 1. The van der Waals surface area contributed by atoms with Gasteiger partial charge >= 0.3 is 5.97 Å². The number of benzene rings is 1. The monoisotopic (exact) mass is 295 g/mol. The first kappa shape index (κ1) is 15.3. The topological polar surface area (TPSA) is 77.8 Å². The van der Waals surface area contributed by atoms with Crippen molar-refractivity contribution in [3.05, 3.63) is 29.6 Å². The molecule has 1 aliphatic rings. The van der Waals surface area contributed by atoms with Gasteiger partial charge in [-0.25, -0.2) is 9.18 Å². The number of rotatable bonds is 4. The van der Waals surface area contributed by atoms with Gasteiger partial charge < -0.3 is 15.1 Å². The molecule has 1 fully saturated rings. The standard InChI is InChI=1S/C15H18FNO4/c1-2-6-15(14(20)21)7-3-8-17(15)13(19)11-5-4-10(16)9-12(11)18/h4-5,9,18H,2-3,6-8H2,1H3,(H,20,21). The molecule has 0 spiro atoms. The first-order valence-corrected chi connectivity index (χ1v) is 6.96. The molecule has 1 amide bonds. The number of phenols is 1. The summed E-state index contributed by atoms with van der Waals surface area (Å²) in [5.74, 6) is -2.72. The van der Waals surface area contributed by atoms with E-state index < -0.39 is 29.0 Å². The van der Waals surface area contributed by atoms with Gasteiger partial charge in [-0.15, -0.1) is 0 Å². The summed E-state index contributed by atoms with van der Waals surface area (Å²) in [6.45, 7) is 2.18. The molecule has 0 bridgehead atoms. The molecule has 1 aromatic carbocycles. The Morgan fingerprint density at radius 3 is 2.71 bits per heavy atom. The maximum Gasteiger partial charge on any atom is 0.329 e. The third-order valence-electron chi connectivity index (χ3n) is 3.99. The smallest absolute Gasteiger partial charge is 0.329 e. The fraction of sp³-hybridized carbons (Fsp3) is 0.467. The van der Waals surface area contributed by atoms with Crippen LogP contribution in [0.15, 0.2) is 18.2 Å². The number of carboxylic acids is 1. The molecule has 114 valence electrons. The largest absolute Gasteiger partial charge is 0.507 e. The summed E-state index contributed by atoms with van der Waals surface area (Å²) < 4.78 is 13.0. The molecule has 0 saturated carbocycles. The van der Waals surface area contributed by atoms with Crippen LogP contribution in [0, 0.1) is 5.82 Å². The normalized spacial score (nSPS) is 21.5. The fourth-order valence-corrected chi connectivity index (χ4v) is 3.01. The zero-order valence-electron chi connectivity index (χ0n) is 11.8. The Labute approximate surface area is 122 Å². The quantitative estimate of drug-likeness (QED) is 0.894.